The van der Waals surface area contributed by atoms with Gasteiger partial charge in [-0.1, -0.05) is 6.07 Å². The molecular weight excluding hydrogens is 205 g/mol. The zero-order valence-electron chi connectivity index (χ0n) is 9.63. The largest absolute Gasteiger partial charge is 0.491 e. The van der Waals surface area contributed by atoms with Gasteiger partial charge in [-0.15, -0.1) is 0 Å². The lowest BCUT2D eigenvalue weighted by molar-refractivity contribution is 0.273. The molecule has 0 bridgehead atoms. The molecule has 0 aromatic heterocycles. The predicted molar refractivity (Wildman–Crippen MR) is 62.7 cm³/mol. The maximum Gasteiger partial charge on any atom is 0.123 e. The molecule has 0 saturated carbocycles. The number of fused-ring (bicyclic) bond motifs is 1. The molecule has 1 unspecified atom stereocenters. The molecule has 1 aromatic carbocycles. The number of rotatable bonds is 4. The highest BCUT2D eigenvalue weighted by molar-refractivity contribution is 5.39. The van der Waals surface area contributed by atoms with Gasteiger partial charge in [0.25, 0.3) is 0 Å². The minimum absolute atomic E-state index is 0.147. The van der Waals surface area contributed by atoms with Crippen molar-refractivity contribution < 1.29 is 9.13 Å². The Morgan fingerprint density at radius 3 is 3.12 bits per heavy atom. The average Bonchev–Trinajstić information content (AvgIpc) is 2.35. The van der Waals surface area contributed by atoms with Crippen LogP contribution in [0.25, 0.3) is 0 Å². The molecule has 0 radical (unpaired) electrons. The van der Waals surface area contributed by atoms with Gasteiger partial charge in [-0.3, -0.25) is 0 Å². The maximum atomic E-state index is 12.0. The van der Waals surface area contributed by atoms with E-state index in [2.05, 4.69) is 17.4 Å². The molecular formula is C13H18FNO. The van der Waals surface area contributed by atoms with E-state index in [1.165, 1.54) is 24.0 Å². The molecule has 3 heteroatoms. The van der Waals surface area contributed by atoms with Crippen LogP contribution in [0, 0.1) is 0 Å². The first-order valence-corrected chi connectivity index (χ1v) is 5.84. The summed E-state index contributed by atoms with van der Waals surface area (Å²) in [4.78, 5) is 0. The van der Waals surface area contributed by atoms with Gasteiger partial charge in [0.2, 0.25) is 0 Å². The number of aryl methyl sites for hydroxylation is 1. The molecule has 1 N–H and O–H groups in total. The number of hydrogen-bond donors (Lipinski definition) is 1. The predicted octanol–water partition coefficient (Wildman–Crippen LogP) is 2.63. The third-order valence-corrected chi connectivity index (χ3v) is 3.12. The standard InChI is InChI=1S/C13H18FNO/c1-15-13-4-2-3-10-9-11(16-8-7-14)5-6-12(10)13/h5-6,9,13,15H,2-4,7-8H2,1H3. The summed E-state index contributed by atoms with van der Waals surface area (Å²) in [5.74, 6) is 0.785. The molecule has 1 aliphatic carbocycles. The van der Waals surface area contributed by atoms with Gasteiger partial charge < -0.3 is 10.1 Å². The number of halogens is 1. The molecule has 0 spiro atoms. The summed E-state index contributed by atoms with van der Waals surface area (Å²) in [6.07, 6.45) is 3.49. The first-order chi connectivity index (χ1) is 7.85. The van der Waals surface area contributed by atoms with E-state index in [0.29, 0.717) is 6.04 Å². The number of ether oxygens (including phenoxy) is 1. The molecule has 88 valence electrons. The van der Waals surface area contributed by atoms with Crippen LogP contribution < -0.4 is 10.1 Å². The van der Waals surface area contributed by atoms with Crippen LogP contribution in [-0.4, -0.2) is 20.3 Å². The first kappa shape index (κ1) is 11.4. The summed E-state index contributed by atoms with van der Waals surface area (Å²) >= 11 is 0. The van der Waals surface area contributed by atoms with Gasteiger partial charge >= 0.3 is 0 Å². The number of nitrogens with one attached hydrogen (secondary N) is 1. The minimum atomic E-state index is -0.434. The Labute approximate surface area is 95.8 Å². The van der Waals surface area contributed by atoms with Gasteiger partial charge in [0.1, 0.15) is 19.0 Å². The molecule has 0 saturated heterocycles. The van der Waals surface area contributed by atoms with Crippen molar-refractivity contribution in [1.82, 2.24) is 5.32 Å². The first-order valence-electron chi connectivity index (χ1n) is 5.84. The normalized spacial score (nSPS) is 19.2. The summed E-state index contributed by atoms with van der Waals surface area (Å²) in [6.45, 7) is -0.287. The molecule has 0 heterocycles. The third-order valence-electron chi connectivity index (χ3n) is 3.12. The van der Waals surface area contributed by atoms with Crippen LogP contribution in [0.15, 0.2) is 18.2 Å². The molecule has 0 amide bonds. The fourth-order valence-corrected chi connectivity index (χ4v) is 2.34. The van der Waals surface area contributed by atoms with Crippen molar-refractivity contribution in [2.24, 2.45) is 0 Å². The van der Waals surface area contributed by atoms with E-state index < -0.39 is 6.67 Å². The van der Waals surface area contributed by atoms with Gasteiger partial charge in [0, 0.05) is 6.04 Å². The van der Waals surface area contributed by atoms with Crippen molar-refractivity contribution in [1.29, 1.82) is 0 Å². The lowest BCUT2D eigenvalue weighted by Gasteiger charge is -2.25. The van der Waals surface area contributed by atoms with Crippen LogP contribution in [0.3, 0.4) is 0 Å². The van der Waals surface area contributed by atoms with Crippen LogP contribution in [0.2, 0.25) is 0 Å². The highest BCUT2D eigenvalue weighted by Gasteiger charge is 2.18. The van der Waals surface area contributed by atoms with E-state index in [0.717, 1.165) is 12.2 Å². The van der Waals surface area contributed by atoms with E-state index in [9.17, 15) is 4.39 Å². The summed E-state index contributed by atoms with van der Waals surface area (Å²) in [5, 5.41) is 3.32. The van der Waals surface area contributed by atoms with Gasteiger partial charge in [-0.2, -0.15) is 0 Å². The highest BCUT2D eigenvalue weighted by Crippen LogP contribution is 2.31. The van der Waals surface area contributed by atoms with Crippen molar-refractivity contribution in [2.75, 3.05) is 20.3 Å². The van der Waals surface area contributed by atoms with Crippen molar-refractivity contribution in [3.05, 3.63) is 29.3 Å². The van der Waals surface area contributed by atoms with Crippen molar-refractivity contribution >= 4 is 0 Å². The maximum absolute atomic E-state index is 12.0. The topological polar surface area (TPSA) is 21.3 Å². The molecule has 1 aromatic rings. The van der Waals surface area contributed by atoms with E-state index in [1.54, 1.807) is 0 Å². The van der Waals surface area contributed by atoms with Crippen molar-refractivity contribution in [3.63, 3.8) is 0 Å². The van der Waals surface area contributed by atoms with E-state index in [4.69, 9.17) is 4.74 Å². The van der Waals surface area contributed by atoms with E-state index >= 15 is 0 Å². The Bertz CT molecular complexity index is 354. The van der Waals surface area contributed by atoms with E-state index in [-0.39, 0.29) is 6.61 Å². The fourth-order valence-electron chi connectivity index (χ4n) is 2.34. The van der Waals surface area contributed by atoms with Crippen LogP contribution in [0.5, 0.6) is 5.75 Å². The Morgan fingerprint density at radius 1 is 1.50 bits per heavy atom. The third kappa shape index (κ3) is 2.35. The second-order valence-electron chi connectivity index (χ2n) is 4.13. The Kier molecular flexibility index (Phi) is 3.78. The number of alkyl halides is 1. The minimum Gasteiger partial charge on any atom is -0.491 e. The van der Waals surface area contributed by atoms with Gasteiger partial charge in [-0.05, 0) is 49.6 Å². The van der Waals surface area contributed by atoms with Crippen LogP contribution in [-0.2, 0) is 6.42 Å². The summed E-state index contributed by atoms with van der Waals surface area (Å²) < 4.78 is 17.3. The quantitative estimate of drug-likeness (QED) is 0.847. The van der Waals surface area contributed by atoms with E-state index in [1.807, 2.05) is 13.1 Å². The number of hydrogen-bond acceptors (Lipinski definition) is 2. The Balaban J connectivity index is 2.18. The molecule has 1 aliphatic rings. The smallest absolute Gasteiger partial charge is 0.123 e. The molecule has 0 fully saturated rings. The summed E-state index contributed by atoms with van der Waals surface area (Å²) in [6, 6.07) is 6.54. The fraction of sp³-hybridized carbons (Fsp3) is 0.538. The Morgan fingerprint density at radius 2 is 2.38 bits per heavy atom. The second-order valence-corrected chi connectivity index (χ2v) is 4.13. The number of benzene rings is 1. The van der Waals surface area contributed by atoms with Crippen LogP contribution in [0.4, 0.5) is 4.39 Å². The Hall–Kier alpha value is -1.09. The monoisotopic (exact) mass is 223 g/mol. The van der Waals surface area contributed by atoms with Crippen LogP contribution in [0.1, 0.15) is 30.0 Å². The zero-order valence-corrected chi connectivity index (χ0v) is 9.63. The molecule has 1 atom stereocenters. The second kappa shape index (κ2) is 5.30. The van der Waals surface area contributed by atoms with Crippen molar-refractivity contribution in [3.8, 4) is 5.75 Å². The zero-order chi connectivity index (χ0) is 11.4. The van der Waals surface area contributed by atoms with Gasteiger partial charge in [0.05, 0.1) is 0 Å². The molecule has 2 nitrogen and oxygen atoms in total. The molecule has 16 heavy (non-hydrogen) atoms. The molecule has 0 aliphatic heterocycles. The summed E-state index contributed by atoms with van der Waals surface area (Å²) in [5.41, 5.74) is 2.70. The summed E-state index contributed by atoms with van der Waals surface area (Å²) in [7, 11) is 1.99. The van der Waals surface area contributed by atoms with Crippen molar-refractivity contribution in [2.45, 2.75) is 25.3 Å². The SMILES string of the molecule is CNC1CCCc2cc(OCCF)ccc21. The highest BCUT2D eigenvalue weighted by atomic mass is 19.1. The van der Waals surface area contributed by atoms with Gasteiger partial charge in [-0.25, -0.2) is 4.39 Å². The lowest BCUT2D eigenvalue weighted by Crippen LogP contribution is -2.21. The molecule has 2 rings (SSSR count). The van der Waals surface area contributed by atoms with Gasteiger partial charge in [0.15, 0.2) is 0 Å². The average molecular weight is 223 g/mol. The lowest BCUT2D eigenvalue weighted by atomic mass is 9.87. The van der Waals surface area contributed by atoms with Crippen LogP contribution >= 0.6 is 0 Å².